The molecule has 0 aromatic carbocycles. The number of carbonyl (C=O) groups is 1. The van der Waals surface area contributed by atoms with Gasteiger partial charge in [0.2, 0.25) is 0 Å². The van der Waals surface area contributed by atoms with Crippen LogP contribution in [0.15, 0.2) is 24.3 Å². The molecule has 2 heteroatoms. The van der Waals surface area contributed by atoms with Crippen molar-refractivity contribution in [2.45, 2.75) is 187 Å². The van der Waals surface area contributed by atoms with Gasteiger partial charge in [0.1, 0.15) is 0 Å². The highest BCUT2D eigenvalue weighted by Crippen LogP contribution is 2.15. The Hall–Kier alpha value is -1.05. The van der Waals surface area contributed by atoms with Crippen molar-refractivity contribution in [3.8, 4) is 0 Å². The standard InChI is InChI=1S/C34H64O2/c1-2-3-4-5-6-7-8-9-10-11-12-13-14-15-16-17-18-19-20-21-22-23-24-25-26-27-28-29-30-31-32-33-34(35)36/h8-9,11-12H,2-7,10,13-33H2,1H3,(H,35,36)/b9-8-,12-11-. The van der Waals surface area contributed by atoms with E-state index in [4.69, 9.17) is 5.11 Å². The van der Waals surface area contributed by atoms with E-state index in [0.717, 1.165) is 19.3 Å². The molecule has 0 fully saturated rings. The quantitative estimate of drug-likeness (QED) is 0.0779. The van der Waals surface area contributed by atoms with Crippen LogP contribution < -0.4 is 0 Å². The lowest BCUT2D eigenvalue weighted by Gasteiger charge is -2.04. The van der Waals surface area contributed by atoms with Gasteiger partial charge in [0.25, 0.3) is 0 Å². The molecule has 0 heterocycles. The first-order chi connectivity index (χ1) is 17.8. The van der Waals surface area contributed by atoms with Crippen molar-refractivity contribution in [3.05, 3.63) is 24.3 Å². The summed E-state index contributed by atoms with van der Waals surface area (Å²) in [4.78, 5) is 10.5. The van der Waals surface area contributed by atoms with E-state index >= 15 is 0 Å². The molecule has 0 unspecified atom stereocenters. The van der Waals surface area contributed by atoms with Gasteiger partial charge in [0, 0.05) is 6.42 Å². The summed E-state index contributed by atoms with van der Waals surface area (Å²) in [5.74, 6) is -0.651. The highest BCUT2D eigenvalue weighted by molar-refractivity contribution is 5.66. The zero-order valence-electron chi connectivity index (χ0n) is 24.5. The van der Waals surface area contributed by atoms with Crippen LogP contribution >= 0.6 is 0 Å². The summed E-state index contributed by atoms with van der Waals surface area (Å²) in [5, 5.41) is 8.62. The fourth-order valence-corrected chi connectivity index (χ4v) is 4.92. The van der Waals surface area contributed by atoms with E-state index in [9.17, 15) is 4.79 Å². The largest absolute Gasteiger partial charge is 0.481 e. The van der Waals surface area contributed by atoms with Crippen molar-refractivity contribution >= 4 is 5.97 Å². The molecule has 0 aliphatic rings. The van der Waals surface area contributed by atoms with E-state index in [1.807, 2.05) is 0 Å². The van der Waals surface area contributed by atoms with Crippen molar-refractivity contribution in [3.63, 3.8) is 0 Å². The normalized spacial score (nSPS) is 11.8. The van der Waals surface area contributed by atoms with E-state index in [1.54, 1.807) is 0 Å². The number of allylic oxidation sites excluding steroid dienone is 4. The summed E-state index contributed by atoms with van der Waals surface area (Å²) < 4.78 is 0. The van der Waals surface area contributed by atoms with Gasteiger partial charge in [-0.2, -0.15) is 0 Å². The van der Waals surface area contributed by atoms with Crippen LogP contribution in [-0.2, 0) is 4.79 Å². The minimum Gasteiger partial charge on any atom is -0.481 e. The fraction of sp³-hybridized carbons (Fsp3) is 0.853. The van der Waals surface area contributed by atoms with E-state index in [-0.39, 0.29) is 0 Å². The van der Waals surface area contributed by atoms with E-state index < -0.39 is 5.97 Å². The lowest BCUT2D eigenvalue weighted by atomic mass is 10.0. The number of unbranched alkanes of at least 4 members (excludes halogenated alkanes) is 24. The molecule has 2 nitrogen and oxygen atoms in total. The van der Waals surface area contributed by atoms with Crippen LogP contribution in [0.2, 0.25) is 0 Å². The Labute approximate surface area is 226 Å². The van der Waals surface area contributed by atoms with Crippen molar-refractivity contribution in [1.82, 2.24) is 0 Å². The van der Waals surface area contributed by atoms with Crippen molar-refractivity contribution in [1.29, 1.82) is 0 Å². The first-order valence-electron chi connectivity index (χ1n) is 16.3. The van der Waals surface area contributed by atoms with Crippen molar-refractivity contribution in [2.24, 2.45) is 0 Å². The number of rotatable bonds is 30. The van der Waals surface area contributed by atoms with Gasteiger partial charge in [-0.3, -0.25) is 4.79 Å². The monoisotopic (exact) mass is 504 g/mol. The van der Waals surface area contributed by atoms with Crippen LogP contribution in [0.3, 0.4) is 0 Å². The van der Waals surface area contributed by atoms with Crippen LogP contribution in [-0.4, -0.2) is 11.1 Å². The van der Waals surface area contributed by atoms with Gasteiger partial charge in [-0.1, -0.05) is 166 Å². The summed E-state index contributed by atoms with van der Waals surface area (Å²) >= 11 is 0. The molecule has 0 aromatic heterocycles. The number of hydrogen-bond acceptors (Lipinski definition) is 1. The molecule has 0 aliphatic heterocycles. The third-order valence-electron chi connectivity index (χ3n) is 7.34. The second-order valence-electron chi connectivity index (χ2n) is 11.0. The van der Waals surface area contributed by atoms with E-state index in [2.05, 4.69) is 31.2 Å². The lowest BCUT2D eigenvalue weighted by Crippen LogP contribution is -1.93. The average Bonchev–Trinajstić information content (AvgIpc) is 2.87. The Morgan fingerprint density at radius 1 is 0.444 bits per heavy atom. The van der Waals surface area contributed by atoms with Gasteiger partial charge in [-0.15, -0.1) is 0 Å². The summed E-state index contributed by atoms with van der Waals surface area (Å²) in [6.07, 6.45) is 46.0. The van der Waals surface area contributed by atoms with Crippen LogP contribution in [0, 0.1) is 0 Å². The summed E-state index contributed by atoms with van der Waals surface area (Å²) in [7, 11) is 0. The van der Waals surface area contributed by atoms with Crippen molar-refractivity contribution < 1.29 is 9.90 Å². The predicted octanol–water partition coefficient (Wildman–Crippen LogP) is 12.1. The van der Waals surface area contributed by atoms with Crippen LogP contribution in [0.4, 0.5) is 0 Å². The lowest BCUT2D eigenvalue weighted by molar-refractivity contribution is -0.137. The Bertz CT molecular complexity index is 480. The predicted molar refractivity (Wildman–Crippen MR) is 161 cm³/mol. The molecule has 0 saturated carbocycles. The molecule has 0 saturated heterocycles. The fourth-order valence-electron chi connectivity index (χ4n) is 4.92. The maximum absolute atomic E-state index is 10.5. The molecule has 0 bridgehead atoms. The first kappa shape index (κ1) is 35.0. The Morgan fingerprint density at radius 3 is 1.08 bits per heavy atom. The zero-order chi connectivity index (χ0) is 26.2. The third-order valence-corrected chi connectivity index (χ3v) is 7.34. The summed E-state index contributed by atoms with van der Waals surface area (Å²) in [5.41, 5.74) is 0. The second kappa shape index (κ2) is 32.0. The molecule has 1 N–H and O–H groups in total. The molecular formula is C34H64O2. The van der Waals surface area contributed by atoms with Gasteiger partial charge in [-0.05, 0) is 38.5 Å². The Morgan fingerprint density at radius 2 is 0.750 bits per heavy atom. The smallest absolute Gasteiger partial charge is 0.303 e. The van der Waals surface area contributed by atoms with E-state index in [0.29, 0.717) is 6.42 Å². The molecule has 0 rings (SSSR count). The van der Waals surface area contributed by atoms with Gasteiger partial charge in [0.05, 0.1) is 0 Å². The highest BCUT2D eigenvalue weighted by Gasteiger charge is 1.97. The molecule has 0 aromatic rings. The molecule has 212 valence electrons. The summed E-state index contributed by atoms with van der Waals surface area (Å²) in [6.45, 7) is 2.28. The average molecular weight is 505 g/mol. The van der Waals surface area contributed by atoms with Gasteiger partial charge < -0.3 is 5.11 Å². The van der Waals surface area contributed by atoms with E-state index in [1.165, 1.54) is 154 Å². The molecule has 0 spiro atoms. The summed E-state index contributed by atoms with van der Waals surface area (Å²) in [6, 6.07) is 0. The highest BCUT2D eigenvalue weighted by atomic mass is 16.4. The molecule has 0 aliphatic carbocycles. The zero-order valence-corrected chi connectivity index (χ0v) is 24.5. The van der Waals surface area contributed by atoms with Crippen LogP contribution in [0.1, 0.15) is 187 Å². The molecule has 0 atom stereocenters. The van der Waals surface area contributed by atoms with Crippen molar-refractivity contribution in [2.75, 3.05) is 0 Å². The number of carboxylic acid groups (broad SMARTS) is 1. The van der Waals surface area contributed by atoms with Crippen LogP contribution in [0.5, 0.6) is 0 Å². The first-order valence-corrected chi connectivity index (χ1v) is 16.3. The number of hydrogen-bond donors (Lipinski definition) is 1. The topological polar surface area (TPSA) is 37.3 Å². The molecule has 36 heavy (non-hydrogen) atoms. The Kier molecular flexibility index (Phi) is 31.0. The van der Waals surface area contributed by atoms with Gasteiger partial charge >= 0.3 is 5.97 Å². The van der Waals surface area contributed by atoms with Crippen LogP contribution in [0.25, 0.3) is 0 Å². The maximum atomic E-state index is 10.5. The molecular weight excluding hydrogens is 440 g/mol. The Balaban J connectivity index is 3.11. The van der Waals surface area contributed by atoms with Gasteiger partial charge in [0.15, 0.2) is 0 Å². The minimum atomic E-state index is -0.651. The third kappa shape index (κ3) is 33.0. The maximum Gasteiger partial charge on any atom is 0.303 e. The molecule has 0 radical (unpaired) electrons. The number of carboxylic acids is 1. The molecule has 0 amide bonds. The minimum absolute atomic E-state index is 0.343. The number of aliphatic carboxylic acids is 1. The second-order valence-corrected chi connectivity index (χ2v) is 11.0. The SMILES string of the molecule is CCCCCCC/C=C\C/C=C\CCCCCCCCCCCCCCCCCCCCCC(=O)O. The van der Waals surface area contributed by atoms with Gasteiger partial charge in [-0.25, -0.2) is 0 Å².